The van der Waals surface area contributed by atoms with Gasteiger partial charge in [0.1, 0.15) is 12.4 Å². The standard InChI is InChI=1S/C25H27FN6O4/c1-4-16(3)27-21(33)11-12-30-23(35)18-7-5-6-8-20(18)32-24(30)29-31(25(32)36)14-22(34)28-17-10-9-15(2)19(26)13-17/h5-10,13,16H,4,11-12,14H2,1-3H3,(H,27,33)(H,28,34)/t16-/m1/s1. The topological polar surface area (TPSA) is 120 Å². The van der Waals surface area contributed by atoms with Crippen LogP contribution in [-0.2, 0) is 22.7 Å². The van der Waals surface area contributed by atoms with E-state index < -0.39 is 29.5 Å². The molecule has 0 aliphatic heterocycles. The summed E-state index contributed by atoms with van der Waals surface area (Å²) in [7, 11) is 0. The van der Waals surface area contributed by atoms with E-state index in [9.17, 15) is 23.6 Å². The van der Waals surface area contributed by atoms with E-state index in [0.29, 0.717) is 11.1 Å². The predicted octanol–water partition coefficient (Wildman–Crippen LogP) is 2.20. The van der Waals surface area contributed by atoms with Crippen LogP contribution in [0.2, 0.25) is 0 Å². The van der Waals surface area contributed by atoms with Gasteiger partial charge in [0.05, 0.1) is 10.9 Å². The van der Waals surface area contributed by atoms with Crippen LogP contribution >= 0.6 is 0 Å². The zero-order valence-electron chi connectivity index (χ0n) is 20.2. The molecule has 0 radical (unpaired) electrons. The van der Waals surface area contributed by atoms with E-state index in [1.165, 1.54) is 21.1 Å². The van der Waals surface area contributed by atoms with Crippen LogP contribution in [0.3, 0.4) is 0 Å². The van der Waals surface area contributed by atoms with Crippen molar-refractivity contribution in [1.29, 1.82) is 0 Å². The average Bonchev–Trinajstić information content (AvgIpc) is 3.16. The second-order valence-electron chi connectivity index (χ2n) is 8.69. The van der Waals surface area contributed by atoms with Crippen LogP contribution in [-0.4, -0.2) is 36.6 Å². The van der Waals surface area contributed by atoms with Gasteiger partial charge >= 0.3 is 5.69 Å². The number of hydrogen-bond acceptors (Lipinski definition) is 5. The fourth-order valence-electron chi connectivity index (χ4n) is 3.84. The van der Waals surface area contributed by atoms with Crippen LogP contribution in [0, 0.1) is 12.7 Å². The van der Waals surface area contributed by atoms with E-state index in [4.69, 9.17) is 0 Å². The first-order chi connectivity index (χ1) is 17.2. The Morgan fingerprint density at radius 2 is 1.86 bits per heavy atom. The monoisotopic (exact) mass is 494 g/mol. The third-order valence-corrected chi connectivity index (χ3v) is 6.02. The minimum absolute atomic E-state index is 0.000723. The summed E-state index contributed by atoms with van der Waals surface area (Å²) in [6.45, 7) is 4.99. The number of carbonyl (C=O) groups excluding carboxylic acids is 2. The van der Waals surface area contributed by atoms with Crippen LogP contribution in [0.25, 0.3) is 16.7 Å². The van der Waals surface area contributed by atoms with E-state index in [2.05, 4.69) is 15.7 Å². The second-order valence-corrected chi connectivity index (χ2v) is 8.69. The summed E-state index contributed by atoms with van der Waals surface area (Å²) in [5.41, 5.74) is 0.00679. The molecule has 2 aromatic heterocycles. The van der Waals surface area contributed by atoms with Crippen molar-refractivity contribution in [3.05, 3.63) is 74.7 Å². The Morgan fingerprint density at radius 1 is 1.11 bits per heavy atom. The molecule has 11 heteroatoms. The average molecular weight is 495 g/mol. The minimum Gasteiger partial charge on any atom is -0.354 e. The summed E-state index contributed by atoms with van der Waals surface area (Å²) in [6, 6.07) is 10.8. The lowest BCUT2D eigenvalue weighted by Gasteiger charge is -2.12. The van der Waals surface area contributed by atoms with Gasteiger partial charge in [0.15, 0.2) is 0 Å². The number of carbonyl (C=O) groups is 2. The van der Waals surface area contributed by atoms with Gasteiger partial charge < -0.3 is 10.6 Å². The Balaban J connectivity index is 1.70. The molecule has 2 aromatic carbocycles. The van der Waals surface area contributed by atoms with E-state index in [1.807, 2.05) is 13.8 Å². The first kappa shape index (κ1) is 24.8. The molecular weight excluding hydrogens is 467 g/mol. The molecule has 0 aliphatic carbocycles. The van der Waals surface area contributed by atoms with Crippen molar-refractivity contribution in [3.8, 4) is 0 Å². The summed E-state index contributed by atoms with van der Waals surface area (Å²) in [4.78, 5) is 51.4. The number of nitrogens with zero attached hydrogens (tertiary/aromatic N) is 4. The first-order valence-corrected chi connectivity index (χ1v) is 11.7. The Morgan fingerprint density at radius 3 is 2.58 bits per heavy atom. The maximum atomic E-state index is 13.8. The lowest BCUT2D eigenvalue weighted by Crippen LogP contribution is -2.34. The number of halogens is 1. The normalized spacial score (nSPS) is 12.1. The quantitative estimate of drug-likeness (QED) is 0.389. The lowest BCUT2D eigenvalue weighted by molar-refractivity contribution is -0.122. The van der Waals surface area contributed by atoms with Gasteiger partial charge in [-0.2, -0.15) is 0 Å². The van der Waals surface area contributed by atoms with Crippen molar-refractivity contribution in [2.45, 2.75) is 52.7 Å². The molecule has 0 aliphatic rings. The van der Waals surface area contributed by atoms with Crippen LogP contribution in [0.4, 0.5) is 10.1 Å². The Bertz CT molecular complexity index is 1590. The number of aryl methyl sites for hydroxylation is 2. The molecule has 36 heavy (non-hydrogen) atoms. The number of rotatable bonds is 8. The lowest BCUT2D eigenvalue weighted by atomic mass is 10.2. The molecule has 4 aromatic rings. The van der Waals surface area contributed by atoms with E-state index in [1.54, 1.807) is 37.3 Å². The molecule has 0 saturated heterocycles. The molecule has 0 bridgehead atoms. The summed E-state index contributed by atoms with van der Waals surface area (Å²) >= 11 is 0. The van der Waals surface area contributed by atoms with Gasteiger partial charge in [-0.3, -0.25) is 19.0 Å². The zero-order valence-corrected chi connectivity index (χ0v) is 20.2. The van der Waals surface area contributed by atoms with Crippen molar-refractivity contribution in [3.63, 3.8) is 0 Å². The molecule has 2 amide bonds. The second kappa shape index (κ2) is 10.1. The number of hydrogen-bond donors (Lipinski definition) is 2. The Labute approximate surface area is 205 Å². The van der Waals surface area contributed by atoms with Gasteiger partial charge in [0.2, 0.25) is 17.6 Å². The van der Waals surface area contributed by atoms with Crippen molar-refractivity contribution >= 4 is 34.2 Å². The molecule has 1 atom stereocenters. The van der Waals surface area contributed by atoms with E-state index in [0.717, 1.165) is 11.1 Å². The third-order valence-electron chi connectivity index (χ3n) is 6.02. The number of fused-ring (bicyclic) bond motifs is 3. The van der Waals surface area contributed by atoms with Crippen LogP contribution in [0.1, 0.15) is 32.3 Å². The number of amides is 2. The summed E-state index contributed by atoms with van der Waals surface area (Å²) in [5.74, 6) is -1.26. The smallest absolute Gasteiger partial charge is 0.352 e. The maximum Gasteiger partial charge on any atom is 0.352 e. The largest absolute Gasteiger partial charge is 0.354 e. The highest BCUT2D eigenvalue weighted by Crippen LogP contribution is 2.14. The number of aromatic nitrogens is 4. The summed E-state index contributed by atoms with van der Waals surface area (Å²) in [5, 5.41) is 9.94. The molecule has 188 valence electrons. The summed E-state index contributed by atoms with van der Waals surface area (Å²) in [6.07, 6.45) is 0.780. The predicted molar refractivity (Wildman–Crippen MR) is 133 cm³/mol. The molecule has 0 saturated carbocycles. The number of benzene rings is 2. The fourth-order valence-corrected chi connectivity index (χ4v) is 3.84. The molecule has 0 fully saturated rings. The number of para-hydroxylation sites is 1. The van der Waals surface area contributed by atoms with Crippen molar-refractivity contribution in [2.24, 2.45) is 0 Å². The van der Waals surface area contributed by atoms with Gasteiger partial charge in [-0.15, -0.1) is 5.10 Å². The van der Waals surface area contributed by atoms with Crippen molar-refractivity contribution in [1.82, 2.24) is 24.1 Å². The van der Waals surface area contributed by atoms with Gasteiger partial charge in [-0.05, 0) is 50.1 Å². The SMILES string of the molecule is CC[C@@H](C)NC(=O)CCn1c(=O)c2ccccc2n2c(=O)n(CC(=O)Nc3ccc(C)c(F)c3)nc12. The zero-order chi connectivity index (χ0) is 26.0. The molecule has 0 unspecified atom stereocenters. The molecule has 2 heterocycles. The first-order valence-electron chi connectivity index (χ1n) is 11.7. The third kappa shape index (κ3) is 4.90. The molecule has 4 rings (SSSR count). The van der Waals surface area contributed by atoms with Gasteiger partial charge in [0, 0.05) is 24.7 Å². The van der Waals surface area contributed by atoms with Gasteiger partial charge in [0.25, 0.3) is 5.56 Å². The van der Waals surface area contributed by atoms with Gasteiger partial charge in [-0.1, -0.05) is 25.1 Å². The number of anilines is 1. The van der Waals surface area contributed by atoms with E-state index >= 15 is 0 Å². The van der Waals surface area contributed by atoms with E-state index in [-0.39, 0.29) is 41.8 Å². The highest BCUT2D eigenvalue weighted by atomic mass is 19.1. The molecule has 2 N–H and O–H groups in total. The fraction of sp³-hybridized carbons (Fsp3) is 0.320. The van der Waals surface area contributed by atoms with Crippen LogP contribution < -0.4 is 21.9 Å². The highest BCUT2D eigenvalue weighted by molar-refractivity contribution is 5.90. The molecule has 0 spiro atoms. The van der Waals surface area contributed by atoms with Crippen LogP contribution in [0.15, 0.2) is 52.1 Å². The number of nitrogens with one attached hydrogen (secondary N) is 2. The Kier molecular flexibility index (Phi) is 7.00. The molecular formula is C25H27FN6O4. The maximum absolute atomic E-state index is 13.8. The van der Waals surface area contributed by atoms with Gasteiger partial charge in [-0.25, -0.2) is 18.3 Å². The Hall–Kier alpha value is -4.28. The van der Waals surface area contributed by atoms with Crippen LogP contribution in [0.5, 0.6) is 0 Å². The van der Waals surface area contributed by atoms with Crippen molar-refractivity contribution in [2.75, 3.05) is 5.32 Å². The highest BCUT2D eigenvalue weighted by Gasteiger charge is 2.19. The summed E-state index contributed by atoms with van der Waals surface area (Å²) < 4.78 is 17.3. The molecule has 10 nitrogen and oxygen atoms in total. The minimum atomic E-state index is -0.621. The van der Waals surface area contributed by atoms with Crippen molar-refractivity contribution < 1.29 is 14.0 Å².